The molecule has 5 rings (SSSR count). The fraction of sp³-hybridized carbons (Fsp3) is 0.222. The summed E-state index contributed by atoms with van der Waals surface area (Å²) in [5, 5.41) is 19.0. The number of rotatable bonds is 7. The number of nitrogens with zero attached hydrogens (tertiary/aromatic N) is 5. The molecular weight excluding hydrogens is 559 g/mol. The average molecular weight is 584 g/mol. The molecule has 3 heterocycles. The van der Waals surface area contributed by atoms with Gasteiger partial charge in [0, 0.05) is 28.2 Å². The summed E-state index contributed by atoms with van der Waals surface area (Å²) in [6.07, 6.45) is -1.82. The van der Waals surface area contributed by atoms with Crippen LogP contribution >= 0.6 is 0 Å². The van der Waals surface area contributed by atoms with E-state index < -0.39 is 38.8 Å². The van der Waals surface area contributed by atoms with Crippen LogP contribution in [0.25, 0.3) is 21.8 Å². The molecule has 0 spiro atoms. The fourth-order valence-electron chi connectivity index (χ4n) is 4.31. The summed E-state index contributed by atoms with van der Waals surface area (Å²) in [6, 6.07) is 13.1. The Kier molecular flexibility index (Phi) is 6.99. The standard InChI is InChI=1S/C27H24F3N7O3S/c1-26(2,39)18-13-21-16(12-22(18)35-24(38)20-8-5-9-23(34-20)27(28,29)30)14-37(36-21)10-11-41(31,40)25-17-6-3-4-7-19(17)32-15-33-25/h3-9,12-15,31,39H,10-11H2,1-2H3,(H,35,38). The highest BCUT2D eigenvalue weighted by Crippen LogP contribution is 2.33. The number of alkyl halides is 3. The minimum absolute atomic E-state index is 0.0921. The van der Waals surface area contributed by atoms with Gasteiger partial charge >= 0.3 is 6.18 Å². The molecule has 41 heavy (non-hydrogen) atoms. The van der Waals surface area contributed by atoms with Crippen LogP contribution in [0.2, 0.25) is 0 Å². The second kappa shape index (κ2) is 10.2. The number of para-hydroxylation sites is 1. The molecular formula is C27H24F3N7O3S. The maximum absolute atomic E-state index is 13.4. The zero-order valence-electron chi connectivity index (χ0n) is 21.8. The highest BCUT2D eigenvalue weighted by molar-refractivity contribution is 7.92. The number of hydrogen-bond donors (Lipinski definition) is 3. The van der Waals surface area contributed by atoms with E-state index in [0.717, 1.165) is 18.2 Å². The number of hydrogen-bond acceptors (Lipinski definition) is 8. The third-order valence-electron chi connectivity index (χ3n) is 6.30. The predicted octanol–water partition coefficient (Wildman–Crippen LogP) is 4.98. The molecule has 14 heteroatoms. The largest absolute Gasteiger partial charge is 0.433 e. The van der Waals surface area contributed by atoms with Crippen LogP contribution in [-0.2, 0) is 28.1 Å². The Labute approximate surface area is 232 Å². The molecule has 5 aromatic rings. The van der Waals surface area contributed by atoms with Crippen LogP contribution in [0.5, 0.6) is 0 Å². The van der Waals surface area contributed by atoms with Gasteiger partial charge in [-0.05, 0) is 50.2 Å². The van der Waals surface area contributed by atoms with Crippen LogP contribution in [0.15, 0.2) is 72.1 Å². The smallest absolute Gasteiger partial charge is 0.386 e. The Morgan fingerprint density at radius 1 is 1.07 bits per heavy atom. The molecule has 0 bridgehead atoms. The van der Waals surface area contributed by atoms with Crippen LogP contribution in [-0.4, -0.2) is 45.7 Å². The molecule has 0 aliphatic heterocycles. The number of carbonyl (C=O) groups excluding carboxylic acids is 1. The lowest BCUT2D eigenvalue weighted by molar-refractivity contribution is -0.141. The fourth-order valence-corrected chi connectivity index (χ4v) is 5.70. The molecule has 212 valence electrons. The number of benzene rings is 2. The summed E-state index contributed by atoms with van der Waals surface area (Å²) in [6.45, 7) is 3.08. The van der Waals surface area contributed by atoms with Gasteiger partial charge < -0.3 is 10.4 Å². The molecule has 1 atom stereocenters. The first-order chi connectivity index (χ1) is 19.2. The van der Waals surface area contributed by atoms with Gasteiger partial charge in [-0.3, -0.25) is 9.48 Å². The van der Waals surface area contributed by atoms with Crippen molar-refractivity contribution in [2.24, 2.45) is 0 Å². The Bertz CT molecular complexity index is 1890. The highest BCUT2D eigenvalue weighted by Gasteiger charge is 2.33. The van der Waals surface area contributed by atoms with Crippen molar-refractivity contribution in [3.8, 4) is 0 Å². The van der Waals surface area contributed by atoms with Crippen molar-refractivity contribution in [3.05, 3.63) is 84.1 Å². The number of anilines is 1. The molecule has 0 aliphatic rings. The molecule has 0 saturated heterocycles. The highest BCUT2D eigenvalue weighted by atomic mass is 32.2. The van der Waals surface area contributed by atoms with Crippen LogP contribution in [0.4, 0.5) is 18.9 Å². The van der Waals surface area contributed by atoms with Gasteiger partial charge in [-0.25, -0.2) is 23.9 Å². The third kappa shape index (κ3) is 5.88. The lowest BCUT2D eigenvalue weighted by Crippen LogP contribution is -2.22. The zero-order valence-corrected chi connectivity index (χ0v) is 22.6. The summed E-state index contributed by atoms with van der Waals surface area (Å²) in [4.78, 5) is 24.5. The molecule has 2 aromatic carbocycles. The van der Waals surface area contributed by atoms with E-state index in [9.17, 15) is 27.3 Å². The molecule has 0 fully saturated rings. The summed E-state index contributed by atoms with van der Waals surface area (Å²) >= 11 is 0. The Balaban J connectivity index is 1.43. The van der Waals surface area contributed by atoms with Gasteiger partial charge in [0.05, 0.1) is 38.7 Å². The number of aliphatic hydroxyl groups is 1. The van der Waals surface area contributed by atoms with Gasteiger partial charge in [-0.2, -0.15) is 18.3 Å². The first kappa shape index (κ1) is 28.1. The van der Waals surface area contributed by atoms with E-state index in [1.165, 1.54) is 30.9 Å². The minimum atomic E-state index is -4.72. The molecule has 1 unspecified atom stereocenters. The third-order valence-corrected chi connectivity index (χ3v) is 8.00. The maximum Gasteiger partial charge on any atom is 0.433 e. The minimum Gasteiger partial charge on any atom is -0.386 e. The topological polar surface area (TPSA) is 147 Å². The summed E-state index contributed by atoms with van der Waals surface area (Å²) in [7, 11) is -3.32. The quantitative estimate of drug-likeness (QED) is 0.229. The summed E-state index contributed by atoms with van der Waals surface area (Å²) in [5.74, 6) is -0.982. The lowest BCUT2D eigenvalue weighted by Gasteiger charge is -2.22. The second-order valence-electron chi connectivity index (χ2n) is 9.84. The molecule has 0 saturated carbocycles. The van der Waals surface area contributed by atoms with Gasteiger partial charge in [-0.1, -0.05) is 18.2 Å². The number of pyridine rings is 1. The van der Waals surface area contributed by atoms with Crippen LogP contribution in [0, 0.1) is 4.78 Å². The van der Waals surface area contributed by atoms with Gasteiger partial charge in [-0.15, -0.1) is 0 Å². The molecule has 3 N–H and O–H groups in total. The SMILES string of the molecule is CC(C)(O)c1cc2nn(CCS(=N)(=O)c3ncnc4ccccc34)cc2cc1NC(=O)c1cccc(C(F)(F)F)n1. The molecule has 10 nitrogen and oxygen atoms in total. The number of fused-ring (bicyclic) bond motifs is 2. The number of aromatic nitrogens is 5. The Hall–Kier alpha value is -4.43. The van der Waals surface area contributed by atoms with E-state index in [2.05, 4.69) is 25.4 Å². The zero-order chi connectivity index (χ0) is 29.6. The summed E-state index contributed by atoms with van der Waals surface area (Å²) in [5.41, 5.74) is -1.65. The number of amides is 1. The molecule has 0 aliphatic carbocycles. The number of halogens is 3. The first-order valence-corrected chi connectivity index (χ1v) is 14.0. The van der Waals surface area contributed by atoms with Gasteiger partial charge in [0.25, 0.3) is 5.91 Å². The van der Waals surface area contributed by atoms with Crippen LogP contribution in [0.1, 0.15) is 35.6 Å². The van der Waals surface area contributed by atoms with E-state index in [0.29, 0.717) is 21.8 Å². The van der Waals surface area contributed by atoms with Gasteiger partial charge in [0.15, 0.2) is 0 Å². The normalized spacial score (nSPS) is 13.8. The van der Waals surface area contributed by atoms with Crippen molar-refractivity contribution in [1.82, 2.24) is 24.7 Å². The second-order valence-corrected chi connectivity index (χ2v) is 12.0. The molecule has 1 amide bonds. The molecule has 3 aromatic heterocycles. The van der Waals surface area contributed by atoms with Crippen molar-refractivity contribution < 1.29 is 27.3 Å². The number of carbonyl (C=O) groups is 1. The van der Waals surface area contributed by atoms with Crippen molar-refractivity contribution in [2.45, 2.75) is 37.2 Å². The maximum atomic E-state index is 13.4. The van der Waals surface area contributed by atoms with Crippen molar-refractivity contribution in [3.63, 3.8) is 0 Å². The van der Waals surface area contributed by atoms with Crippen molar-refractivity contribution in [2.75, 3.05) is 11.1 Å². The van der Waals surface area contributed by atoms with E-state index in [1.807, 2.05) is 0 Å². The monoisotopic (exact) mass is 583 g/mol. The first-order valence-electron chi connectivity index (χ1n) is 12.3. The molecule has 0 radical (unpaired) electrons. The average Bonchev–Trinajstić information content (AvgIpc) is 3.32. The number of nitrogens with one attached hydrogen (secondary N) is 2. The van der Waals surface area contributed by atoms with Crippen molar-refractivity contribution >= 4 is 43.1 Å². The predicted molar refractivity (Wildman–Crippen MR) is 146 cm³/mol. The van der Waals surface area contributed by atoms with E-state index in [4.69, 9.17) is 4.78 Å². The van der Waals surface area contributed by atoms with Crippen LogP contribution < -0.4 is 5.32 Å². The lowest BCUT2D eigenvalue weighted by atomic mass is 9.95. The Morgan fingerprint density at radius 2 is 1.83 bits per heavy atom. The number of aryl methyl sites for hydroxylation is 1. The van der Waals surface area contributed by atoms with Gasteiger partial charge in [0.1, 0.15) is 22.7 Å². The van der Waals surface area contributed by atoms with E-state index in [-0.39, 0.29) is 28.6 Å². The van der Waals surface area contributed by atoms with Gasteiger partial charge in [0.2, 0.25) is 0 Å². The van der Waals surface area contributed by atoms with Crippen LogP contribution in [0.3, 0.4) is 0 Å². The van der Waals surface area contributed by atoms with Crippen molar-refractivity contribution in [1.29, 1.82) is 4.78 Å². The van der Waals surface area contributed by atoms with E-state index in [1.54, 1.807) is 36.5 Å². The van der Waals surface area contributed by atoms with E-state index >= 15 is 0 Å². The summed E-state index contributed by atoms with van der Waals surface area (Å²) < 4.78 is 62.6. The Morgan fingerprint density at radius 3 is 2.56 bits per heavy atom.